The van der Waals surface area contributed by atoms with Gasteiger partial charge in [0.25, 0.3) is 0 Å². The second-order valence-corrected chi connectivity index (χ2v) is 4.18. The van der Waals surface area contributed by atoms with Gasteiger partial charge in [0.1, 0.15) is 5.75 Å². The molecule has 2 aromatic carbocycles. The van der Waals surface area contributed by atoms with E-state index in [0.29, 0.717) is 5.56 Å². The van der Waals surface area contributed by atoms with Gasteiger partial charge in [0.2, 0.25) is 0 Å². The highest BCUT2D eigenvalue weighted by molar-refractivity contribution is 5.48. The number of para-hydroxylation sites is 1. The van der Waals surface area contributed by atoms with Crippen LogP contribution in [0.5, 0.6) is 5.75 Å². The second kappa shape index (κ2) is 5.22. The normalized spacial score (nSPS) is 12.2. The minimum absolute atomic E-state index is 0.0746. The van der Waals surface area contributed by atoms with E-state index in [1.807, 2.05) is 0 Å². The average molecular weight is 267 g/mol. The lowest BCUT2D eigenvalue weighted by molar-refractivity contribution is 0.447. The Morgan fingerprint density at radius 3 is 2.21 bits per heavy atom. The van der Waals surface area contributed by atoms with Crippen molar-refractivity contribution in [2.24, 2.45) is 0 Å². The van der Waals surface area contributed by atoms with Crippen LogP contribution in [0.2, 0.25) is 0 Å². The number of benzene rings is 2. The van der Waals surface area contributed by atoms with Crippen molar-refractivity contribution in [3.05, 3.63) is 59.4 Å². The molecule has 0 aliphatic heterocycles. The Balaban J connectivity index is 2.24. The summed E-state index contributed by atoms with van der Waals surface area (Å²) in [5.41, 5.74) is 0.680. The van der Waals surface area contributed by atoms with E-state index in [4.69, 9.17) is 0 Å². The highest BCUT2D eigenvalue weighted by Crippen LogP contribution is 2.27. The molecule has 0 bridgehead atoms. The van der Waals surface area contributed by atoms with Crippen molar-refractivity contribution in [2.75, 3.05) is 5.32 Å². The molecule has 0 amide bonds. The third-order valence-corrected chi connectivity index (χ3v) is 2.77. The molecule has 2 aromatic rings. The molecule has 0 fully saturated rings. The van der Waals surface area contributed by atoms with Crippen LogP contribution in [0, 0.1) is 17.5 Å². The molecule has 5 heteroatoms. The Labute approximate surface area is 108 Å². The van der Waals surface area contributed by atoms with Gasteiger partial charge < -0.3 is 10.4 Å². The van der Waals surface area contributed by atoms with Gasteiger partial charge in [-0.15, -0.1) is 0 Å². The number of anilines is 1. The fourth-order valence-corrected chi connectivity index (χ4v) is 1.82. The maximum Gasteiger partial charge on any atom is 0.194 e. The van der Waals surface area contributed by atoms with Crippen molar-refractivity contribution in [2.45, 2.75) is 13.0 Å². The van der Waals surface area contributed by atoms with E-state index in [2.05, 4.69) is 5.32 Å². The van der Waals surface area contributed by atoms with E-state index >= 15 is 0 Å². The van der Waals surface area contributed by atoms with E-state index in [1.54, 1.807) is 25.1 Å². The molecule has 0 aromatic heterocycles. The lowest BCUT2D eigenvalue weighted by Gasteiger charge is -2.17. The van der Waals surface area contributed by atoms with Crippen LogP contribution in [0.3, 0.4) is 0 Å². The van der Waals surface area contributed by atoms with E-state index in [0.717, 1.165) is 12.1 Å². The summed E-state index contributed by atoms with van der Waals surface area (Å²) in [5, 5.41) is 12.5. The largest absolute Gasteiger partial charge is 0.508 e. The molecule has 0 spiro atoms. The molecular formula is C14H12F3NO. The molecular weight excluding hydrogens is 255 g/mol. The monoisotopic (exact) mass is 267 g/mol. The number of phenolic OH excluding ortho intramolecular Hbond substituents is 1. The maximum absolute atomic E-state index is 13.1. The third-order valence-electron chi connectivity index (χ3n) is 2.77. The summed E-state index contributed by atoms with van der Waals surface area (Å²) in [6, 6.07) is 7.96. The van der Waals surface area contributed by atoms with Gasteiger partial charge in [0.05, 0.1) is 6.04 Å². The van der Waals surface area contributed by atoms with Crippen LogP contribution in [0.4, 0.5) is 18.9 Å². The first kappa shape index (κ1) is 13.3. The van der Waals surface area contributed by atoms with Gasteiger partial charge in [0, 0.05) is 23.4 Å². The summed E-state index contributed by atoms with van der Waals surface area (Å²) in [4.78, 5) is 0. The number of aromatic hydroxyl groups is 1. The minimum Gasteiger partial charge on any atom is -0.508 e. The lowest BCUT2D eigenvalue weighted by atomic mass is 10.1. The predicted molar refractivity (Wildman–Crippen MR) is 66.5 cm³/mol. The van der Waals surface area contributed by atoms with E-state index < -0.39 is 17.5 Å². The highest BCUT2D eigenvalue weighted by Gasteiger charge is 2.14. The molecule has 0 saturated heterocycles. The Bertz CT molecular complexity index is 578. The zero-order valence-corrected chi connectivity index (χ0v) is 10.1. The topological polar surface area (TPSA) is 32.3 Å². The van der Waals surface area contributed by atoms with E-state index in [1.165, 1.54) is 6.07 Å². The van der Waals surface area contributed by atoms with Gasteiger partial charge >= 0.3 is 0 Å². The van der Waals surface area contributed by atoms with Gasteiger partial charge in [-0.1, -0.05) is 18.2 Å². The molecule has 100 valence electrons. The standard InChI is InChI=1S/C14H12F3NO/c1-8(10-4-2-3-5-13(10)19)18-9-6-11(15)14(17)12(16)7-9/h2-8,18-19H,1H3. The molecule has 0 heterocycles. The fourth-order valence-electron chi connectivity index (χ4n) is 1.82. The number of nitrogens with one attached hydrogen (secondary N) is 1. The van der Waals surface area contributed by atoms with Crippen molar-refractivity contribution in [1.29, 1.82) is 0 Å². The van der Waals surface area contributed by atoms with Crippen molar-refractivity contribution in [1.82, 2.24) is 0 Å². The Hall–Kier alpha value is -2.17. The molecule has 2 rings (SSSR count). The van der Waals surface area contributed by atoms with E-state index in [-0.39, 0.29) is 17.5 Å². The van der Waals surface area contributed by atoms with Crippen molar-refractivity contribution in [3.63, 3.8) is 0 Å². The van der Waals surface area contributed by atoms with Crippen LogP contribution in [-0.4, -0.2) is 5.11 Å². The van der Waals surface area contributed by atoms with Crippen molar-refractivity contribution in [3.8, 4) is 5.75 Å². The zero-order chi connectivity index (χ0) is 14.0. The van der Waals surface area contributed by atoms with Crippen LogP contribution >= 0.6 is 0 Å². The Kier molecular flexibility index (Phi) is 3.64. The van der Waals surface area contributed by atoms with Gasteiger partial charge in [-0.3, -0.25) is 0 Å². The Morgan fingerprint density at radius 1 is 1.05 bits per heavy atom. The summed E-state index contributed by atoms with van der Waals surface area (Å²) < 4.78 is 39.0. The fraction of sp³-hybridized carbons (Fsp3) is 0.143. The predicted octanol–water partition coefficient (Wildman–Crippen LogP) is 3.98. The first-order chi connectivity index (χ1) is 8.99. The summed E-state index contributed by atoms with van der Waals surface area (Å²) in [5.74, 6) is -3.94. The van der Waals surface area contributed by atoms with E-state index in [9.17, 15) is 18.3 Å². The van der Waals surface area contributed by atoms with Crippen LogP contribution in [0.1, 0.15) is 18.5 Å². The number of halogens is 3. The lowest BCUT2D eigenvalue weighted by Crippen LogP contribution is -2.08. The zero-order valence-electron chi connectivity index (χ0n) is 10.1. The van der Waals surface area contributed by atoms with Crippen molar-refractivity contribution < 1.29 is 18.3 Å². The number of hydrogen-bond acceptors (Lipinski definition) is 2. The molecule has 0 aliphatic carbocycles. The van der Waals surface area contributed by atoms with Gasteiger partial charge in [-0.2, -0.15) is 0 Å². The molecule has 2 nitrogen and oxygen atoms in total. The first-order valence-electron chi connectivity index (χ1n) is 5.68. The molecule has 1 atom stereocenters. The smallest absolute Gasteiger partial charge is 0.194 e. The molecule has 19 heavy (non-hydrogen) atoms. The molecule has 2 N–H and O–H groups in total. The second-order valence-electron chi connectivity index (χ2n) is 4.18. The molecule has 0 aliphatic rings. The van der Waals surface area contributed by atoms with Crippen LogP contribution in [-0.2, 0) is 0 Å². The van der Waals surface area contributed by atoms with Crippen LogP contribution in [0.25, 0.3) is 0 Å². The minimum atomic E-state index is -1.50. The summed E-state index contributed by atoms with van der Waals surface area (Å²) in [6.45, 7) is 1.72. The summed E-state index contributed by atoms with van der Waals surface area (Å²) in [7, 11) is 0. The number of hydrogen-bond donors (Lipinski definition) is 2. The summed E-state index contributed by atoms with van der Waals surface area (Å²) in [6.07, 6.45) is 0. The molecule has 0 saturated carbocycles. The summed E-state index contributed by atoms with van der Waals surface area (Å²) >= 11 is 0. The SMILES string of the molecule is CC(Nc1cc(F)c(F)c(F)c1)c1ccccc1O. The molecule has 0 radical (unpaired) electrons. The Morgan fingerprint density at radius 2 is 1.63 bits per heavy atom. The maximum atomic E-state index is 13.1. The van der Waals surface area contributed by atoms with Gasteiger partial charge in [-0.05, 0) is 13.0 Å². The quantitative estimate of drug-likeness (QED) is 0.824. The third kappa shape index (κ3) is 2.81. The van der Waals surface area contributed by atoms with Crippen LogP contribution in [0.15, 0.2) is 36.4 Å². The first-order valence-corrected chi connectivity index (χ1v) is 5.68. The van der Waals surface area contributed by atoms with Crippen molar-refractivity contribution >= 4 is 5.69 Å². The molecule has 1 unspecified atom stereocenters. The number of rotatable bonds is 3. The van der Waals surface area contributed by atoms with Gasteiger partial charge in [-0.25, -0.2) is 13.2 Å². The average Bonchev–Trinajstić information content (AvgIpc) is 2.36. The highest BCUT2D eigenvalue weighted by atomic mass is 19.2. The van der Waals surface area contributed by atoms with Gasteiger partial charge in [0.15, 0.2) is 17.5 Å². The van der Waals surface area contributed by atoms with Crippen LogP contribution < -0.4 is 5.32 Å². The number of phenols is 1.